The molecule has 6 aromatic rings. The van der Waals surface area contributed by atoms with Crippen LogP contribution in [0, 0.1) is 0 Å². The number of imidazole rings is 2. The number of amides is 2. The number of hydrogen-bond donors (Lipinski definition) is 0. The monoisotopic (exact) mass is 994 g/mol. The lowest BCUT2D eigenvalue weighted by atomic mass is 10.0. The Balaban J connectivity index is 0.000000202. The molecule has 0 saturated carbocycles. The number of benzene rings is 2. The predicted octanol–water partition coefficient (Wildman–Crippen LogP) is 11.9. The average Bonchev–Trinajstić information content (AvgIpc) is 4.08. The molecule has 0 spiro atoms. The molecular formula is C51H48Br2N8O4. The van der Waals surface area contributed by atoms with Gasteiger partial charge in [-0.3, -0.25) is 18.6 Å². The molecule has 14 heteroatoms. The number of nitrogens with zero attached hydrogens (tertiary/aromatic N) is 8. The fourth-order valence-corrected chi connectivity index (χ4v) is 6.84. The van der Waals surface area contributed by atoms with E-state index in [4.69, 9.17) is 9.47 Å². The fraction of sp³-hybridized carbons (Fsp3) is 0.255. The van der Waals surface area contributed by atoms with E-state index in [0.717, 1.165) is 61.1 Å². The van der Waals surface area contributed by atoms with Gasteiger partial charge in [0.15, 0.2) is 5.65 Å². The zero-order valence-electron chi connectivity index (χ0n) is 36.3. The van der Waals surface area contributed by atoms with Gasteiger partial charge in [0.05, 0.1) is 15.8 Å². The third kappa shape index (κ3) is 14.6. The third-order valence-electron chi connectivity index (χ3n) is 8.64. The number of fused-ring (bicyclic) bond motifs is 4. The fourth-order valence-electron chi connectivity index (χ4n) is 6.06. The first kappa shape index (κ1) is 50.4. The summed E-state index contributed by atoms with van der Waals surface area (Å²) < 4.78 is 16.6. The largest absolute Gasteiger partial charge is 0.443 e. The van der Waals surface area contributed by atoms with E-state index < -0.39 is 11.2 Å². The Kier molecular flexibility index (Phi) is 18.1. The lowest BCUT2D eigenvalue weighted by Gasteiger charge is -2.25. The van der Waals surface area contributed by atoms with Crippen LogP contribution in [0.15, 0.2) is 166 Å². The van der Waals surface area contributed by atoms with Gasteiger partial charge in [-0.15, -0.1) is 0 Å². The maximum Gasteiger partial charge on any atom is 0.414 e. The van der Waals surface area contributed by atoms with Crippen molar-refractivity contribution in [2.75, 3.05) is 22.9 Å². The van der Waals surface area contributed by atoms with Crippen LogP contribution in [-0.2, 0) is 22.3 Å². The van der Waals surface area contributed by atoms with Gasteiger partial charge < -0.3 is 9.47 Å². The molecule has 2 aliphatic heterocycles. The topological polar surface area (TPSA) is 119 Å². The van der Waals surface area contributed by atoms with Gasteiger partial charge in [0.2, 0.25) is 0 Å². The minimum Gasteiger partial charge on any atom is -0.443 e. The van der Waals surface area contributed by atoms with Crippen molar-refractivity contribution in [3.8, 4) is 11.1 Å². The summed E-state index contributed by atoms with van der Waals surface area (Å²) in [6, 6.07) is 12.2. The minimum absolute atomic E-state index is 0. The molecule has 0 fully saturated rings. The molecule has 2 amide bonds. The molecule has 4 aromatic heterocycles. The van der Waals surface area contributed by atoms with E-state index in [1.807, 2.05) is 87.0 Å². The van der Waals surface area contributed by atoms with Crippen LogP contribution >= 0.6 is 31.9 Å². The lowest BCUT2D eigenvalue weighted by Crippen LogP contribution is -2.35. The molecule has 8 rings (SSSR count). The Morgan fingerprint density at radius 2 is 1.11 bits per heavy atom. The molecule has 0 atom stereocenters. The van der Waals surface area contributed by atoms with Crippen LogP contribution in [0.5, 0.6) is 0 Å². The van der Waals surface area contributed by atoms with E-state index in [2.05, 4.69) is 134 Å². The van der Waals surface area contributed by atoms with Crippen LogP contribution in [0.3, 0.4) is 0 Å². The zero-order valence-corrected chi connectivity index (χ0v) is 39.5. The van der Waals surface area contributed by atoms with Crippen molar-refractivity contribution in [2.24, 2.45) is 0 Å². The lowest BCUT2D eigenvalue weighted by molar-refractivity contribution is 0.0573. The quantitative estimate of drug-likeness (QED) is 0.149. The van der Waals surface area contributed by atoms with Gasteiger partial charge in [-0.2, -0.15) is 0 Å². The highest BCUT2D eigenvalue weighted by molar-refractivity contribution is 9.11. The first-order valence-electron chi connectivity index (χ1n) is 19.7. The molecule has 0 radical (unpaired) electrons. The molecule has 0 N–H and O–H groups in total. The van der Waals surface area contributed by atoms with Gasteiger partial charge in [-0.05, 0) is 164 Å². The van der Waals surface area contributed by atoms with E-state index in [9.17, 15) is 9.59 Å². The zero-order chi connectivity index (χ0) is 46.3. The van der Waals surface area contributed by atoms with E-state index in [1.54, 1.807) is 47.2 Å². The standard InChI is InChI=1S/C19H20N4O2.C13H16BrNO2.C12H4.C6H4BrN3.CH4/c1-19(2,3)25-18(24)23-8-6-13-4-5-14(10-16(13)23)15-11-20-12-22-9-7-21-17(15)22;1-13(2,3)17-12(16)15-7-6-9-4-5-10(14)8-11(9)15;1-3-5-7-9-11-12-10-8-6-4-2;7-5-3-8-4-10-2-1-9-6(5)10;/h4-5,7,9-12H,6,8H2,1-3H3;4-5,8H,6-7H2,1-3H3;1-2H2;1-4H;1H4. The van der Waals surface area contributed by atoms with Crippen molar-refractivity contribution < 1.29 is 19.1 Å². The molecule has 12 nitrogen and oxygen atoms in total. The maximum atomic E-state index is 12.5. The van der Waals surface area contributed by atoms with Gasteiger partial charge in [0.25, 0.3) is 0 Å². The molecule has 330 valence electrons. The molecule has 2 aromatic carbocycles. The summed E-state index contributed by atoms with van der Waals surface area (Å²) in [7, 11) is 0. The van der Waals surface area contributed by atoms with Crippen LogP contribution < -0.4 is 9.80 Å². The van der Waals surface area contributed by atoms with Crippen molar-refractivity contribution in [3.63, 3.8) is 0 Å². The van der Waals surface area contributed by atoms with Gasteiger partial charge in [0.1, 0.15) is 29.5 Å². The first-order valence-corrected chi connectivity index (χ1v) is 21.3. The Labute approximate surface area is 396 Å². The Hall–Kier alpha value is -7.28. The van der Waals surface area contributed by atoms with Crippen molar-refractivity contribution >= 4 is 66.7 Å². The summed E-state index contributed by atoms with van der Waals surface area (Å²) >= 11 is 6.75. The second kappa shape index (κ2) is 23.4. The number of anilines is 2. The number of ether oxygens (including phenoxy) is 2. The van der Waals surface area contributed by atoms with Gasteiger partial charge in [-0.25, -0.2) is 29.5 Å². The third-order valence-corrected chi connectivity index (χ3v) is 9.69. The highest BCUT2D eigenvalue weighted by Gasteiger charge is 2.30. The number of carbonyl (C=O) groups excluding carboxylic acids is 2. The number of rotatable bonds is 1. The molecule has 6 heterocycles. The summed E-state index contributed by atoms with van der Waals surface area (Å²) in [6.07, 6.45) is 15.3. The van der Waals surface area contributed by atoms with Crippen molar-refractivity contribution in [3.05, 3.63) is 177 Å². The average molecular weight is 997 g/mol. The van der Waals surface area contributed by atoms with Gasteiger partial charge in [0, 0.05) is 60.3 Å². The highest BCUT2D eigenvalue weighted by Crippen LogP contribution is 2.35. The van der Waals surface area contributed by atoms with Crippen molar-refractivity contribution in [1.82, 2.24) is 28.7 Å². The van der Waals surface area contributed by atoms with Gasteiger partial charge >= 0.3 is 12.2 Å². The molecular weight excluding hydrogens is 948 g/mol. The number of aromatic nitrogens is 6. The van der Waals surface area contributed by atoms with Crippen LogP contribution in [0.1, 0.15) is 60.1 Å². The number of carbonyl (C=O) groups is 2. The first-order chi connectivity index (χ1) is 30.6. The summed E-state index contributed by atoms with van der Waals surface area (Å²) in [5.41, 5.74) is 31.3. The van der Waals surface area contributed by atoms with Crippen molar-refractivity contribution in [1.29, 1.82) is 0 Å². The molecule has 0 bridgehead atoms. The molecule has 0 aliphatic carbocycles. The Morgan fingerprint density at radius 3 is 1.62 bits per heavy atom. The smallest absolute Gasteiger partial charge is 0.414 e. The van der Waals surface area contributed by atoms with E-state index in [0.29, 0.717) is 13.1 Å². The summed E-state index contributed by atoms with van der Waals surface area (Å²) in [4.78, 5) is 44.7. The summed E-state index contributed by atoms with van der Waals surface area (Å²) in [6.45, 7) is 19.2. The number of halogens is 2. The summed E-state index contributed by atoms with van der Waals surface area (Å²) in [5.74, 6) is 0. The highest BCUT2D eigenvalue weighted by atomic mass is 79.9. The molecule has 0 saturated heterocycles. The minimum atomic E-state index is -0.511. The summed E-state index contributed by atoms with van der Waals surface area (Å²) in [5, 5.41) is 0. The van der Waals surface area contributed by atoms with Gasteiger partial charge in [-0.1, -0.05) is 53.0 Å². The Bertz CT molecular complexity index is 3030. The SMILES string of the molecule is Brc1cncn2ccnc12.C.C=C=C=C=C=C=C=C=C=C=C=C.CC(C)(C)OC(=O)N1CCc2ccc(-c3cncn4ccnc34)cc21.CC(C)(C)OC(=O)N1CCc2ccc(Br)cc21. The van der Waals surface area contributed by atoms with Crippen LogP contribution in [-0.4, -0.2) is 65.2 Å². The van der Waals surface area contributed by atoms with E-state index in [-0.39, 0.29) is 19.6 Å². The van der Waals surface area contributed by atoms with Crippen LogP contribution in [0.2, 0.25) is 0 Å². The number of hydrogen-bond acceptors (Lipinski definition) is 8. The van der Waals surface area contributed by atoms with Crippen LogP contribution in [0.4, 0.5) is 21.0 Å². The van der Waals surface area contributed by atoms with Crippen molar-refractivity contribution in [2.45, 2.75) is 73.0 Å². The normalized spacial score (nSPS) is 11.5. The maximum absolute atomic E-state index is 12.5. The van der Waals surface area contributed by atoms with Crippen LogP contribution in [0.25, 0.3) is 22.4 Å². The Morgan fingerprint density at radius 1 is 0.646 bits per heavy atom. The van der Waals surface area contributed by atoms with E-state index in [1.165, 1.54) is 5.56 Å². The predicted molar refractivity (Wildman–Crippen MR) is 261 cm³/mol. The molecule has 2 aliphatic rings. The molecule has 0 unspecified atom stereocenters. The second-order valence-electron chi connectivity index (χ2n) is 15.6. The second-order valence-corrected chi connectivity index (χ2v) is 17.4. The van der Waals surface area contributed by atoms with E-state index >= 15 is 0 Å². The molecule has 65 heavy (non-hydrogen) atoms.